The van der Waals surface area contributed by atoms with E-state index >= 15 is 0 Å². The summed E-state index contributed by atoms with van der Waals surface area (Å²) in [6.07, 6.45) is 5.05. The molecule has 1 heterocycles. The predicted molar refractivity (Wildman–Crippen MR) is 100 cm³/mol. The molecular formula is C20H30N4O. The maximum absolute atomic E-state index is 6.29. The Balaban J connectivity index is 1.90. The van der Waals surface area contributed by atoms with E-state index in [1.54, 1.807) is 0 Å². The van der Waals surface area contributed by atoms with Gasteiger partial charge in [0.15, 0.2) is 0 Å². The summed E-state index contributed by atoms with van der Waals surface area (Å²) in [5, 5.41) is 4.70. The number of hydrogen-bond acceptors (Lipinski definition) is 4. The molecule has 1 fully saturated rings. The van der Waals surface area contributed by atoms with Crippen molar-refractivity contribution in [3.8, 4) is 5.69 Å². The van der Waals surface area contributed by atoms with Crippen LogP contribution in [0, 0.1) is 6.92 Å². The minimum atomic E-state index is 0.116. The van der Waals surface area contributed by atoms with Crippen LogP contribution >= 0.6 is 0 Å². The maximum Gasteiger partial charge on any atom is 0.148 e. The van der Waals surface area contributed by atoms with Crippen molar-refractivity contribution in [1.29, 1.82) is 0 Å². The largest absolute Gasteiger partial charge is 0.377 e. The van der Waals surface area contributed by atoms with Gasteiger partial charge in [-0.2, -0.15) is 5.10 Å². The molecule has 1 aromatic carbocycles. The summed E-state index contributed by atoms with van der Waals surface area (Å²) >= 11 is 0. The Hall–Kier alpha value is -1.72. The molecule has 1 aliphatic carbocycles. The first-order chi connectivity index (χ1) is 12.1. The first-order valence-corrected chi connectivity index (χ1v) is 9.53. The second kappa shape index (κ2) is 8.11. The summed E-state index contributed by atoms with van der Waals surface area (Å²) in [4.78, 5) is 4.78. The summed E-state index contributed by atoms with van der Waals surface area (Å²) < 4.78 is 8.06. The summed E-state index contributed by atoms with van der Waals surface area (Å²) in [5.74, 6) is 2.21. The van der Waals surface area contributed by atoms with Crippen LogP contribution in [0.1, 0.15) is 62.7 Å². The zero-order valence-corrected chi connectivity index (χ0v) is 15.6. The highest BCUT2D eigenvalue weighted by atomic mass is 16.5. The van der Waals surface area contributed by atoms with E-state index in [1.165, 1.54) is 5.56 Å². The van der Waals surface area contributed by atoms with Crippen molar-refractivity contribution in [2.24, 2.45) is 5.73 Å². The average Bonchev–Trinajstić information content (AvgIpc) is 3.02. The standard InChI is InChI=1S/C20H30N4O/c1-4-12-25-19-13-16(10-11-17(19)21)20-22-14(3)23-24(20)18-9-7-6-8-15(18)5-2/h6-9,16-17,19H,4-5,10-13,21H2,1-3H3/t16-,17-,19-/m0/s1. The Kier molecular flexibility index (Phi) is 5.86. The van der Waals surface area contributed by atoms with Crippen LogP contribution in [0.2, 0.25) is 0 Å². The normalized spacial score (nSPS) is 23.8. The van der Waals surface area contributed by atoms with E-state index in [4.69, 9.17) is 20.6 Å². The maximum atomic E-state index is 6.29. The number of aryl methyl sites for hydroxylation is 2. The fourth-order valence-electron chi connectivity index (χ4n) is 3.74. The third-order valence-corrected chi connectivity index (χ3v) is 5.08. The van der Waals surface area contributed by atoms with Gasteiger partial charge in [0.1, 0.15) is 11.6 Å². The molecule has 2 N–H and O–H groups in total. The molecule has 25 heavy (non-hydrogen) atoms. The molecule has 0 radical (unpaired) electrons. The summed E-state index contributed by atoms with van der Waals surface area (Å²) in [5.41, 5.74) is 8.72. The Morgan fingerprint density at radius 1 is 1.24 bits per heavy atom. The van der Waals surface area contributed by atoms with E-state index in [-0.39, 0.29) is 12.1 Å². The number of ether oxygens (including phenoxy) is 1. The van der Waals surface area contributed by atoms with Crippen LogP contribution in [0.15, 0.2) is 24.3 Å². The molecule has 1 aliphatic rings. The average molecular weight is 342 g/mol. The zero-order chi connectivity index (χ0) is 17.8. The molecule has 136 valence electrons. The fraction of sp³-hybridized carbons (Fsp3) is 0.600. The number of rotatable bonds is 6. The number of aromatic nitrogens is 3. The molecule has 0 spiro atoms. The molecule has 0 saturated heterocycles. The second-order valence-electron chi connectivity index (χ2n) is 6.99. The monoisotopic (exact) mass is 342 g/mol. The zero-order valence-electron chi connectivity index (χ0n) is 15.6. The van der Waals surface area contributed by atoms with Crippen LogP contribution in [0.25, 0.3) is 5.69 Å². The van der Waals surface area contributed by atoms with E-state index in [9.17, 15) is 0 Å². The molecule has 2 aromatic rings. The van der Waals surface area contributed by atoms with E-state index in [0.717, 1.165) is 56.0 Å². The summed E-state index contributed by atoms with van der Waals surface area (Å²) in [6.45, 7) is 7.05. The van der Waals surface area contributed by atoms with E-state index in [0.29, 0.717) is 5.92 Å². The SMILES string of the molecule is CCCO[C@H]1C[C@@H](c2nc(C)nn2-c2ccccc2CC)CC[C@@H]1N. The van der Waals surface area contributed by atoms with Crippen LogP contribution in [-0.2, 0) is 11.2 Å². The molecular weight excluding hydrogens is 312 g/mol. The van der Waals surface area contributed by atoms with Gasteiger partial charge in [-0.15, -0.1) is 0 Å². The molecule has 1 saturated carbocycles. The van der Waals surface area contributed by atoms with Gasteiger partial charge in [0.05, 0.1) is 11.8 Å². The van der Waals surface area contributed by atoms with Crippen LogP contribution in [-0.4, -0.2) is 33.5 Å². The van der Waals surface area contributed by atoms with Gasteiger partial charge in [-0.1, -0.05) is 32.0 Å². The lowest BCUT2D eigenvalue weighted by Crippen LogP contribution is -2.42. The Morgan fingerprint density at radius 3 is 2.80 bits per heavy atom. The Bertz CT molecular complexity index is 697. The molecule has 0 amide bonds. The molecule has 1 aromatic heterocycles. The molecule has 3 rings (SSSR count). The van der Waals surface area contributed by atoms with Gasteiger partial charge in [0.25, 0.3) is 0 Å². The van der Waals surface area contributed by atoms with Crippen molar-refractivity contribution in [2.75, 3.05) is 6.61 Å². The lowest BCUT2D eigenvalue weighted by Gasteiger charge is -2.33. The van der Waals surface area contributed by atoms with E-state index in [2.05, 4.69) is 38.1 Å². The lowest BCUT2D eigenvalue weighted by molar-refractivity contribution is 0.00883. The first kappa shape index (κ1) is 18.1. The van der Waals surface area contributed by atoms with Crippen LogP contribution in [0.3, 0.4) is 0 Å². The van der Waals surface area contributed by atoms with Crippen molar-refractivity contribution >= 4 is 0 Å². The first-order valence-electron chi connectivity index (χ1n) is 9.53. The summed E-state index contributed by atoms with van der Waals surface area (Å²) in [7, 11) is 0. The van der Waals surface area contributed by atoms with Crippen LogP contribution in [0.5, 0.6) is 0 Å². The highest BCUT2D eigenvalue weighted by Gasteiger charge is 2.32. The van der Waals surface area contributed by atoms with Crippen molar-refractivity contribution in [1.82, 2.24) is 14.8 Å². The summed E-state index contributed by atoms with van der Waals surface area (Å²) in [6, 6.07) is 8.58. The second-order valence-corrected chi connectivity index (χ2v) is 6.99. The fourth-order valence-corrected chi connectivity index (χ4v) is 3.74. The number of hydrogen-bond donors (Lipinski definition) is 1. The highest BCUT2D eigenvalue weighted by Crippen LogP contribution is 2.34. The third-order valence-electron chi connectivity index (χ3n) is 5.08. The van der Waals surface area contributed by atoms with Gasteiger partial charge in [-0.3, -0.25) is 0 Å². The van der Waals surface area contributed by atoms with Gasteiger partial charge < -0.3 is 10.5 Å². The smallest absolute Gasteiger partial charge is 0.148 e. The van der Waals surface area contributed by atoms with E-state index in [1.807, 2.05) is 11.6 Å². The third kappa shape index (κ3) is 3.93. The number of para-hydroxylation sites is 1. The van der Waals surface area contributed by atoms with Crippen molar-refractivity contribution in [3.05, 3.63) is 41.5 Å². The van der Waals surface area contributed by atoms with Crippen molar-refractivity contribution in [2.45, 2.75) is 70.9 Å². The molecule has 0 aliphatic heterocycles. The minimum absolute atomic E-state index is 0.116. The molecule has 5 nitrogen and oxygen atoms in total. The van der Waals surface area contributed by atoms with Crippen LogP contribution < -0.4 is 5.73 Å². The van der Waals surface area contributed by atoms with Gasteiger partial charge in [-0.25, -0.2) is 9.67 Å². The highest BCUT2D eigenvalue weighted by molar-refractivity contribution is 5.41. The number of nitrogens with zero attached hydrogens (tertiary/aromatic N) is 3. The van der Waals surface area contributed by atoms with Gasteiger partial charge in [-0.05, 0) is 50.7 Å². The molecule has 5 heteroatoms. The topological polar surface area (TPSA) is 66.0 Å². The lowest BCUT2D eigenvalue weighted by atomic mass is 9.83. The van der Waals surface area contributed by atoms with Crippen LogP contribution in [0.4, 0.5) is 0 Å². The van der Waals surface area contributed by atoms with E-state index < -0.39 is 0 Å². The quantitative estimate of drug-likeness (QED) is 0.872. The number of benzene rings is 1. The van der Waals surface area contributed by atoms with Gasteiger partial charge >= 0.3 is 0 Å². The molecule has 0 bridgehead atoms. The number of nitrogens with two attached hydrogens (primary N) is 1. The van der Waals surface area contributed by atoms with Crippen molar-refractivity contribution < 1.29 is 4.74 Å². The Morgan fingerprint density at radius 2 is 2.04 bits per heavy atom. The van der Waals surface area contributed by atoms with Gasteiger partial charge in [0, 0.05) is 18.6 Å². The predicted octanol–water partition coefficient (Wildman–Crippen LogP) is 3.53. The Labute approximate surface area is 150 Å². The molecule has 0 unspecified atom stereocenters. The van der Waals surface area contributed by atoms with Gasteiger partial charge in [0.2, 0.25) is 0 Å². The van der Waals surface area contributed by atoms with Crippen molar-refractivity contribution in [3.63, 3.8) is 0 Å². The minimum Gasteiger partial charge on any atom is -0.377 e. The molecule has 3 atom stereocenters.